The van der Waals surface area contributed by atoms with Crippen LogP contribution in [0.15, 0.2) is 22.7 Å². The summed E-state index contributed by atoms with van der Waals surface area (Å²) in [4.78, 5) is 11.0. The summed E-state index contributed by atoms with van der Waals surface area (Å²) in [5.74, 6) is -0.0515. The highest BCUT2D eigenvalue weighted by molar-refractivity contribution is 9.10. The average Bonchev–Trinajstić information content (AvgIpc) is 2.17. The third-order valence-corrected chi connectivity index (χ3v) is 2.74. The van der Waals surface area contributed by atoms with Crippen molar-refractivity contribution in [3.63, 3.8) is 0 Å². The van der Waals surface area contributed by atoms with Crippen LogP contribution in [0.1, 0.15) is 25.8 Å². The smallest absolute Gasteiger partial charge is 0.221 e. The van der Waals surface area contributed by atoms with Crippen molar-refractivity contribution in [1.82, 2.24) is 0 Å². The number of hydrogen-bond acceptors (Lipinski definition) is 2. The van der Waals surface area contributed by atoms with E-state index >= 15 is 0 Å². The summed E-state index contributed by atoms with van der Waals surface area (Å²) in [7, 11) is 0. The molecule has 0 radical (unpaired) electrons. The first kappa shape index (κ1) is 13.2. The maximum absolute atomic E-state index is 11.0. The fourth-order valence-corrected chi connectivity index (χ4v) is 1.87. The second-order valence-electron chi connectivity index (χ2n) is 4.00. The summed E-state index contributed by atoms with van der Waals surface area (Å²) < 4.78 is 1.02. The molecule has 1 amide bonds. The molecule has 0 aromatic heterocycles. The third-order valence-electron chi connectivity index (χ3n) is 2.25. The molecule has 1 aromatic carbocycles. The number of aryl methyl sites for hydroxylation is 1. The fraction of sp³-hybridized carbons (Fsp3) is 0.417. The lowest BCUT2D eigenvalue weighted by Gasteiger charge is -2.11. The zero-order valence-corrected chi connectivity index (χ0v) is 11.2. The largest absolute Gasteiger partial charge is 0.328 e. The van der Waals surface area contributed by atoms with Gasteiger partial charge in [-0.15, -0.1) is 0 Å². The van der Waals surface area contributed by atoms with Gasteiger partial charge < -0.3 is 11.1 Å². The van der Waals surface area contributed by atoms with Crippen LogP contribution in [0.25, 0.3) is 0 Å². The Hall–Kier alpha value is -0.870. The molecule has 0 aliphatic carbocycles. The predicted octanol–water partition coefficient (Wildman–Crippen LogP) is 2.69. The summed E-state index contributed by atoms with van der Waals surface area (Å²) in [6.45, 7) is 3.49. The highest BCUT2D eigenvalue weighted by atomic mass is 79.9. The van der Waals surface area contributed by atoms with Crippen molar-refractivity contribution in [1.29, 1.82) is 0 Å². The van der Waals surface area contributed by atoms with E-state index in [2.05, 4.69) is 21.2 Å². The summed E-state index contributed by atoms with van der Waals surface area (Å²) in [6.07, 6.45) is 1.77. The molecule has 1 atom stereocenters. The number of benzene rings is 1. The van der Waals surface area contributed by atoms with Gasteiger partial charge in [-0.05, 0) is 43.5 Å². The van der Waals surface area contributed by atoms with Crippen molar-refractivity contribution in [3.05, 3.63) is 28.2 Å². The predicted molar refractivity (Wildman–Crippen MR) is 70.4 cm³/mol. The molecule has 0 saturated carbocycles. The second-order valence-corrected chi connectivity index (χ2v) is 4.91. The first-order valence-electron chi connectivity index (χ1n) is 5.30. The van der Waals surface area contributed by atoms with E-state index in [9.17, 15) is 4.79 Å². The molecular weight excluding hydrogens is 268 g/mol. The minimum absolute atomic E-state index is 0.0515. The Bertz CT molecular complexity index is 377. The van der Waals surface area contributed by atoms with E-state index in [1.807, 2.05) is 25.1 Å². The number of amides is 1. The van der Waals surface area contributed by atoms with Gasteiger partial charge in [0.15, 0.2) is 0 Å². The molecule has 0 fully saturated rings. The van der Waals surface area contributed by atoms with Gasteiger partial charge in [-0.1, -0.05) is 15.9 Å². The topological polar surface area (TPSA) is 55.1 Å². The van der Waals surface area contributed by atoms with Crippen molar-refractivity contribution >= 4 is 27.5 Å². The number of nitrogens with two attached hydrogens (primary N) is 1. The molecular formula is C12H17BrN2O. The molecule has 0 saturated heterocycles. The van der Waals surface area contributed by atoms with Gasteiger partial charge in [-0.2, -0.15) is 0 Å². The highest BCUT2D eigenvalue weighted by Gasteiger charge is 2.06. The minimum Gasteiger partial charge on any atom is -0.328 e. The molecule has 0 bridgehead atoms. The van der Waals surface area contributed by atoms with Gasteiger partial charge in [0.1, 0.15) is 0 Å². The van der Waals surface area contributed by atoms with Gasteiger partial charge >= 0.3 is 0 Å². The Morgan fingerprint density at radius 2 is 2.25 bits per heavy atom. The molecule has 1 rings (SSSR count). The number of rotatable bonds is 4. The van der Waals surface area contributed by atoms with Crippen molar-refractivity contribution in [2.24, 2.45) is 5.73 Å². The normalized spacial score (nSPS) is 12.2. The minimum atomic E-state index is -0.0515. The van der Waals surface area contributed by atoms with Crippen molar-refractivity contribution in [2.75, 3.05) is 5.32 Å². The second kappa shape index (κ2) is 6.01. The Balaban J connectivity index is 2.85. The van der Waals surface area contributed by atoms with Crippen LogP contribution in [0.3, 0.4) is 0 Å². The maximum atomic E-state index is 11.0. The molecule has 3 nitrogen and oxygen atoms in total. The fourth-order valence-electron chi connectivity index (χ4n) is 1.46. The molecule has 0 heterocycles. The van der Waals surface area contributed by atoms with Gasteiger partial charge in [0, 0.05) is 23.1 Å². The molecule has 16 heavy (non-hydrogen) atoms. The maximum Gasteiger partial charge on any atom is 0.221 e. The third kappa shape index (κ3) is 4.33. The quantitative estimate of drug-likeness (QED) is 0.893. The summed E-state index contributed by atoms with van der Waals surface area (Å²) >= 11 is 3.43. The molecule has 1 unspecified atom stereocenters. The Morgan fingerprint density at radius 1 is 1.56 bits per heavy atom. The summed E-state index contributed by atoms with van der Waals surface area (Å²) in [6, 6.07) is 6.01. The Kier molecular flexibility index (Phi) is 4.96. The van der Waals surface area contributed by atoms with Crippen LogP contribution in [0, 0.1) is 0 Å². The summed E-state index contributed by atoms with van der Waals surface area (Å²) in [5, 5.41) is 2.82. The first-order chi connectivity index (χ1) is 7.49. The molecule has 3 N–H and O–H groups in total. The van der Waals surface area contributed by atoms with E-state index in [4.69, 9.17) is 5.73 Å². The molecule has 0 aliphatic heterocycles. The highest BCUT2D eigenvalue weighted by Crippen LogP contribution is 2.22. The van der Waals surface area contributed by atoms with Crippen LogP contribution >= 0.6 is 15.9 Å². The number of halogens is 1. The Morgan fingerprint density at radius 3 is 2.81 bits per heavy atom. The molecule has 0 aliphatic rings. The lowest BCUT2D eigenvalue weighted by molar-refractivity contribution is -0.114. The Labute approximate surface area is 105 Å². The number of carbonyl (C=O) groups is 1. The standard InChI is InChI=1S/C12H17BrN2O/c1-8(14)3-4-10-7-11(13)5-6-12(10)15-9(2)16/h5-8H,3-4,14H2,1-2H3,(H,15,16). The van der Waals surface area contributed by atoms with E-state index in [1.54, 1.807) is 0 Å². The van der Waals surface area contributed by atoms with E-state index in [0.29, 0.717) is 0 Å². The van der Waals surface area contributed by atoms with Crippen LogP contribution in [-0.2, 0) is 11.2 Å². The van der Waals surface area contributed by atoms with E-state index in [-0.39, 0.29) is 11.9 Å². The van der Waals surface area contributed by atoms with Crippen LogP contribution in [0.4, 0.5) is 5.69 Å². The zero-order valence-electron chi connectivity index (χ0n) is 9.59. The SMILES string of the molecule is CC(=O)Nc1ccc(Br)cc1CCC(C)N. The van der Waals surface area contributed by atoms with Gasteiger partial charge in [0.05, 0.1) is 0 Å². The monoisotopic (exact) mass is 284 g/mol. The first-order valence-corrected chi connectivity index (χ1v) is 6.10. The number of anilines is 1. The van der Waals surface area contributed by atoms with Crippen molar-refractivity contribution in [3.8, 4) is 0 Å². The van der Waals surface area contributed by atoms with Crippen LogP contribution < -0.4 is 11.1 Å². The molecule has 88 valence electrons. The average molecular weight is 285 g/mol. The van der Waals surface area contributed by atoms with E-state index < -0.39 is 0 Å². The van der Waals surface area contributed by atoms with Crippen LogP contribution in [0.2, 0.25) is 0 Å². The van der Waals surface area contributed by atoms with E-state index in [0.717, 1.165) is 28.6 Å². The molecule has 0 spiro atoms. The lowest BCUT2D eigenvalue weighted by atomic mass is 10.0. The van der Waals surface area contributed by atoms with Crippen LogP contribution in [0.5, 0.6) is 0 Å². The van der Waals surface area contributed by atoms with Crippen molar-refractivity contribution < 1.29 is 4.79 Å². The number of carbonyl (C=O) groups excluding carboxylic acids is 1. The van der Waals surface area contributed by atoms with Crippen molar-refractivity contribution in [2.45, 2.75) is 32.7 Å². The molecule has 1 aromatic rings. The van der Waals surface area contributed by atoms with Crippen LogP contribution in [-0.4, -0.2) is 11.9 Å². The number of hydrogen-bond donors (Lipinski definition) is 2. The van der Waals surface area contributed by atoms with Gasteiger partial charge in [-0.25, -0.2) is 0 Å². The van der Waals surface area contributed by atoms with Gasteiger partial charge in [0.2, 0.25) is 5.91 Å². The van der Waals surface area contributed by atoms with Gasteiger partial charge in [0.25, 0.3) is 0 Å². The zero-order chi connectivity index (χ0) is 12.1. The lowest BCUT2D eigenvalue weighted by Crippen LogP contribution is -2.16. The van der Waals surface area contributed by atoms with Gasteiger partial charge in [-0.3, -0.25) is 4.79 Å². The van der Waals surface area contributed by atoms with E-state index in [1.165, 1.54) is 6.92 Å². The summed E-state index contributed by atoms with van der Waals surface area (Å²) in [5.41, 5.74) is 7.72. The number of nitrogens with one attached hydrogen (secondary N) is 1. The molecule has 4 heteroatoms.